The quantitative estimate of drug-likeness (QED) is 0.686. The van der Waals surface area contributed by atoms with Gasteiger partial charge in [0.1, 0.15) is 18.0 Å². The lowest BCUT2D eigenvalue weighted by Gasteiger charge is -2.20. The van der Waals surface area contributed by atoms with Gasteiger partial charge in [-0.15, -0.1) is 0 Å². The van der Waals surface area contributed by atoms with Gasteiger partial charge in [0.2, 0.25) is 0 Å². The molecule has 0 atom stereocenters. The third-order valence-electron chi connectivity index (χ3n) is 3.39. The second-order valence-corrected chi connectivity index (χ2v) is 6.46. The molecule has 0 saturated heterocycles. The summed E-state index contributed by atoms with van der Waals surface area (Å²) in [5.41, 5.74) is 2.28. The highest BCUT2D eigenvalue weighted by molar-refractivity contribution is 5.83. The topological polar surface area (TPSA) is 44.1 Å². The highest BCUT2D eigenvalue weighted by Gasteiger charge is 2.20. The Hall–Kier alpha value is -2.62. The number of hydrogen-bond donors (Lipinski definition) is 0. The van der Waals surface area contributed by atoms with E-state index in [1.54, 1.807) is 0 Å². The number of esters is 1. The molecule has 2 aromatic carbocycles. The number of ether oxygens (including phenoxy) is 1. The maximum absolute atomic E-state index is 12.3. The van der Waals surface area contributed by atoms with Crippen LogP contribution in [-0.2, 0) is 16.1 Å². The smallest absolute Gasteiger partial charge is 0.326 e. The first-order valence-electron chi connectivity index (χ1n) is 7.66. The lowest BCUT2D eigenvalue weighted by atomic mass is 10.2. The predicted molar refractivity (Wildman–Crippen MR) is 91.0 cm³/mol. The first-order valence-corrected chi connectivity index (χ1v) is 7.66. The Morgan fingerprint density at radius 2 is 1.70 bits per heavy atom. The van der Waals surface area contributed by atoms with E-state index in [1.165, 1.54) is 0 Å². The monoisotopic (exact) mass is 308 g/mol. The molecule has 23 heavy (non-hydrogen) atoms. The van der Waals surface area contributed by atoms with Crippen LogP contribution in [0.5, 0.6) is 0 Å². The minimum absolute atomic E-state index is 0.141. The maximum Gasteiger partial charge on any atom is 0.326 e. The van der Waals surface area contributed by atoms with Crippen LogP contribution in [0.1, 0.15) is 20.8 Å². The summed E-state index contributed by atoms with van der Waals surface area (Å²) in [7, 11) is 0. The number of aromatic nitrogens is 2. The van der Waals surface area contributed by atoms with E-state index in [0.29, 0.717) is 0 Å². The van der Waals surface area contributed by atoms with Gasteiger partial charge in [0.15, 0.2) is 0 Å². The van der Waals surface area contributed by atoms with Gasteiger partial charge in [-0.05, 0) is 32.9 Å². The lowest BCUT2D eigenvalue weighted by Crippen LogP contribution is -2.26. The summed E-state index contributed by atoms with van der Waals surface area (Å²) < 4.78 is 7.38. The zero-order chi connectivity index (χ0) is 16.4. The van der Waals surface area contributed by atoms with Crippen LogP contribution in [0.3, 0.4) is 0 Å². The Balaban J connectivity index is 2.05. The Bertz CT molecular complexity index is 829. The van der Waals surface area contributed by atoms with Gasteiger partial charge < -0.3 is 9.30 Å². The fraction of sp³-hybridized carbons (Fsp3) is 0.263. The summed E-state index contributed by atoms with van der Waals surface area (Å²) in [4.78, 5) is 17.0. The summed E-state index contributed by atoms with van der Waals surface area (Å²) in [5, 5.41) is 0. The molecule has 0 fully saturated rings. The molecule has 4 nitrogen and oxygen atoms in total. The van der Waals surface area contributed by atoms with Crippen LogP contribution in [-0.4, -0.2) is 21.1 Å². The van der Waals surface area contributed by atoms with Crippen LogP contribution in [0.25, 0.3) is 22.4 Å². The second-order valence-electron chi connectivity index (χ2n) is 6.46. The molecule has 0 aliphatic carbocycles. The van der Waals surface area contributed by atoms with Gasteiger partial charge in [-0.3, -0.25) is 4.79 Å². The molecule has 118 valence electrons. The molecular formula is C19H20N2O2. The number of fused-ring (bicyclic) bond motifs is 1. The highest BCUT2D eigenvalue weighted by atomic mass is 16.6. The Morgan fingerprint density at radius 1 is 1.04 bits per heavy atom. The van der Waals surface area contributed by atoms with E-state index in [4.69, 9.17) is 4.74 Å². The van der Waals surface area contributed by atoms with Crippen LogP contribution in [0.4, 0.5) is 0 Å². The van der Waals surface area contributed by atoms with E-state index in [-0.39, 0.29) is 12.5 Å². The Labute approximate surface area is 135 Å². The molecule has 0 radical (unpaired) electrons. The summed E-state index contributed by atoms with van der Waals surface area (Å²) >= 11 is 0. The lowest BCUT2D eigenvalue weighted by molar-refractivity contribution is -0.155. The minimum atomic E-state index is -0.500. The number of hydrogen-bond acceptors (Lipinski definition) is 3. The number of benzene rings is 2. The number of carbonyl (C=O) groups excluding carboxylic acids is 1. The summed E-state index contributed by atoms with van der Waals surface area (Å²) in [5.74, 6) is 0.510. The van der Waals surface area contributed by atoms with Crippen molar-refractivity contribution in [3.05, 3.63) is 54.6 Å². The van der Waals surface area contributed by atoms with E-state index >= 15 is 0 Å². The van der Waals surface area contributed by atoms with E-state index < -0.39 is 5.60 Å². The normalized spacial score (nSPS) is 11.6. The van der Waals surface area contributed by atoms with Crippen molar-refractivity contribution < 1.29 is 9.53 Å². The molecule has 0 saturated carbocycles. The van der Waals surface area contributed by atoms with Crippen LogP contribution in [0, 0.1) is 0 Å². The maximum atomic E-state index is 12.3. The zero-order valence-electron chi connectivity index (χ0n) is 13.6. The van der Waals surface area contributed by atoms with Crippen LogP contribution >= 0.6 is 0 Å². The molecule has 0 amide bonds. The average Bonchev–Trinajstić information content (AvgIpc) is 2.85. The van der Waals surface area contributed by atoms with Crippen molar-refractivity contribution in [2.75, 3.05) is 0 Å². The van der Waals surface area contributed by atoms with Gasteiger partial charge >= 0.3 is 5.97 Å². The molecule has 1 heterocycles. The van der Waals surface area contributed by atoms with E-state index in [1.807, 2.05) is 79.9 Å². The van der Waals surface area contributed by atoms with Crippen molar-refractivity contribution in [3.8, 4) is 11.4 Å². The molecule has 0 N–H and O–H groups in total. The molecule has 4 heteroatoms. The van der Waals surface area contributed by atoms with Crippen LogP contribution in [0.2, 0.25) is 0 Å². The first-order chi connectivity index (χ1) is 10.9. The van der Waals surface area contributed by atoms with E-state index in [2.05, 4.69) is 4.98 Å². The Morgan fingerprint density at radius 3 is 2.39 bits per heavy atom. The molecule has 1 aromatic heterocycles. The molecule has 0 bridgehead atoms. The third-order valence-corrected chi connectivity index (χ3v) is 3.39. The van der Waals surface area contributed by atoms with Crippen molar-refractivity contribution in [1.82, 2.24) is 9.55 Å². The van der Waals surface area contributed by atoms with Gasteiger partial charge in [0, 0.05) is 5.56 Å². The molecular weight excluding hydrogens is 288 g/mol. The van der Waals surface area contributed by atoms with Crippen LogP contribution in [0.15, 0.2) is 54.6 Å². The van der Waals surface area contributed by atoms with Crippen molar-refractivity contribution in [1.29, 1.82) is 0 Å². The molecule has 0 aliphatic heterocycles. The fourth-order valence-electron chi connectivity index (χ4n) is 2.55. The predicted octanol–water partition coefficient (Wildman–Crippen LogP) is 4.05. The van der Waals surface area contributed by atoms with Gasteiger partial charge in [-0.25, -0.2) is 4.98 Å². The first kappa shape index (κ1) is 15.3. The number of imidazole rings is 1. The number of nitrogens with zero attached hydrogens (tertiary/aromatic N) is 2. The molecule has 0 unspecified atom stereocenters. The average molecular weight is 308 g/mol. The largest absolute Gasteiger partial charge is 0.459 e. The van der Waals surface area contributed by atoms with Crippen molar-refractivity contribution in [3.63, 3.8) is 0 Å². The Kier molecular flexibility index (Phi) is 3.90. The number of rotatable bonds is 3. The number of para-hydroxylation sites is 2. The van der Waals surface area contributed by atoms with Crippen molar-refractivity contribution in [2.24, 2.45) is 0 Å². The van der Waals surface area contributed by atoms with Gasteiger partial charge in [-0.1, -0.05) is 42.5 Å². The standard InChI is InChI=1S/C19H20N2O2/c1-19(2,3)23-17(22)13-21-16-12-8-7-11-15(16)20-18(21)14-9-5-4-6-10-14/h4-12H,13H2,1-3H3. The SMILES string of the molecule is CC(C)(C)OC(=O)Cn1c(-c2ccccc2)nc2ccccc21. The summed E-state index contributed by atoms with van der Waals surface area (Å²) in [6, 6.07) is 17.7. The minimum Gasteiger partial charge on any atom is -0.459 e. The van der Waals surface area contributed by atoms with Crippen molar-refractivity contribution >= 4 is 17.0 Å². The van der Waals surface area contributed by atoms with Gasteiger partial charge in [0.05, 0.1) is 11.0 Å². The zero-order valence-corrected chi connectivity index (χ0v) is 13.6. The van der Waals surface area contributed by atoms with Crippen LogP contribution < -0.4 is 0 Å². The van der Waals surface area contributed by atoms with Crippen molar-refractivity contribution in [2.45, 2.75) is 32.9 Å². The van der Waals surface area contributed by atoms with E-state index in [0.717, 1.165) is 22.4 Å². The third kappa shape index (κ3) is 3.42. The summed E-state index contributed by atoms with van der Waals surface area (Å²) in [6.45, 7) is 5.75. The second kappa shape index (κ2) is 5.88. The fourth-order valence-corrected chi connectivity index (χ4v) is 2.55. The number of carbonyl (C=O) groups is 1. The highest BCUT2D eigenvalue weighted by Crippen LogP contribution is 2.25. The van der Waals surface area contributed by atoms with Gasteiger partial charge in [-0.2, -0.15) is 0 Å². The van der Waals surface area contributed by atoms with Gasteiger partial charge in [0.25, 0.3) is 0 Å². The molecule has 3 rings (SSSR count). The molecule has 3 aromatic rings. The molecule has 0 aliphatic rings. The van der Waals surface area contributed by atoms with E-state index in [9.17, 15) is 4.79 Å². The molecule has 0 spiro atoms. The summed E-state index contributed by atoms with van der Waals surface area (Å²) in [6.07, 6.45) is 0.